The molecule has 23 heavy (non-hydrogen) atoms. The number of halogens is 4. The molecule has 0 saturated heterocycles. The summed E-state index contributed by atoms with van der Waals surface area (Å²) in [4.78, 5) is 3.87. The molecule has 0 heterocycles. The van der Waals surface area contributed by atoms with Crippen LogP contribution in [0.5, 0.6) is 0 Å². The molecule has 1 aromatic carbocycles. The van der Waals surface area contributed by atoms with Gasteiger partial charge in [0.05, 0.1) is 6.54 Å². The molecule has 0 spiro atoms. The summed E-state index contributed by atoms with van der Waals surface area (Å²) in [5.41, 5.74) is 2.60. The molecule has 1 aliphatic rings. The Labute approximate surface area is 150 Å². The van der Waals surface area contributed by atoms with Crippen LogP contribution in [-0.4, -0.2) is 43.5 Å². The van der Waals surface area contributed by atoms with Gasteiger partial charge in [0.2, 0.25) is 0 Å². The third-order valence-electron chi connectivity index (χ3n) is 3.84. The van der Waals surface area contributed by atoms with E-state index in [1.54, 1.807) is 0 Å². The number of nitrogens with zero attached hydrogens (tertiary/aromatic N) is 1. The highest BCUT2D eigenvalue weighted by molar-refractivity contribution is 14.0. The van der Waals surface area contributed by atoms with Crippen LogP contribution in [-0.2, 0) is 6.42 Å². The van der Waals surface area contributed by atoms with E-state index in [2.05, 4.69) is 27.8 Å². The van der Waals surface area contributed by atoms with Gasteiger partial charge in [-0.25, -0.2) is 0 Å². The van der Waals surface area contributed by atoms with Crippen LogP contribution in [0, 0.1) is 0 Å². The molecule has 0 fully saturated rings. The molecule has 130 valence electrons. The molecular weight excluding hydrogens is 422 g/mol. The quantitative estimate of drug-likeness (QED) is 0.381. The molecule has 0 saturated carbocycles. The van der Waals surface area contributed by atoms with E-state index in [1.165, 1.54) is 18.2 Å². The SMILES string of the molecule is CN=C(NCC1CCc2ccccc21)NCC(O)C(F)(F)F.I. The number of rotatable bonds is 4. The number of fused-ring (bicyclic) bond motifs is 1. The minimum absolute atomic E-state index is 0. The predicted molar refractivity (Wildman–Crippen MR) is 94.3 cm³/mol. The minimum atomic E-state index is -4.63. The van der Waals surface area contributed by atoms with Crippen molar-refractivity contribution in [2.45, 2.75) is 31.0 Å². The van der Waals surface area contributed by atoms with Gasteiger partial charge in [-0.05, 0) is 24.0 Å². The standard InChI is InChI=1S/C15H20F3N3O.HI/c1-19-14(21-9-13(22)15(16,17)18)20-8-11-7-6-10-4-2-3-5-12(10)11;/h2-5,11,13,22H,6-9H2,1H3,(H2,19,20,21);1H. The first-order chi connectivity index (χ1) is 10.4. The number of aliphatic hydroxyl groups is 1. The maximum atomic E-state index is 12.3. The first-order valence-corrected chi connectivity index (χ1v) is 7.19. The second kappa shape index (κ2) is 8.72. The molecule has 0 aromatic heterocycles. The Morgan fingerprint density at radius 2 is 2.04 bits per heavy atom. The summed E-state index contributed by atoms with van der Waals surface area (Å²) in [6, 6.07) is 8.18. The van der Waals surface area contributed by atoms with E-state index in [0.717, 1.165) is 12.8 Å². The summed E-state index contributed by atoms with van der Waals surface area (Å²) < 4.78 is 36.8. The van der Waals surface area contributed by atoms with Gasteiger partial charge >= 0.3 is 6.18 Å². The van der Waals surface area contributed by atoms with Gasteiger partial charge in [0, 0.05) is 19.5 Å². The second-order valence-electron chi connectivity index (χ2n) is 5.33. The van der Waals surface area contributed by atoms with Crippen molar-refractivity contribution in [3.63, 3.8) is 0 Å². The Hall–Kier alpha value is -1.03. The van der Waals surface area contributed by atoms with Gasteiger partial charge < -0.3 is 15.7 Å². The van der Waals surface area contributed by atoms with Crippen LogP contribution in [0.25, 0.3) is 0 Å². The lowest BCUT2D eigenvalue weighted by Gasteiger charge is -2.19. The van der Waals surface area contributed by atoms with E-state index in [9.17, 15) is 13.2 Å². The zero-order valence-corrected chi connectivity index (χ0v) is 15.1. The van der Waals surface area contributed by atoms with E-state index in [0.29, 0.717) is 12.5 Å². The molecule has 0 bridgehead atoms. The molecule has 0 amide bonds. The fraction of sp³-hybridized carbons (Fsp3) is 0.533. The van der Waals surface area contributed by atoms with Crippen molar-refractivity contribution in [1.29, 1.82) is 0 Å². The summed E-state index contributed by atoms with van der Waals surface area (Å²) in [7, 11) is 1.48. The molecular formula is C15H21F3IN3O. The lowest BCUT2D eigenvalue weighted by Crippen LogP contribution is -2.46. The van der Waals surface area contributed by atoms with Crippen LogP contribution in [0.4, 0.5) is 13.2 Å². The number of guanidine groups is 1. The van der Waals surface area contributed by atoms with Gasteiger partial charge in [0.25, 0.3) is 0 Å². The monoisotopic (exact) mass is 443 g/mol. The summed E-state index contributed by atoms with van der Waals surface area (Å²) in [5.74, 6) is 0.579. The largest absolute Gasteiger partial charge is 0.416 e. The smallest absolute Gasteiger partial charge is 0.382 e. The molecule has 2 atom stereocenters. The Morgan fingerprint density at radius 3 is 2.70 bits per heavy atom. The van der Waals surface area contributed by atoms with Crippen molar-refractivity contribution in [1.82, 2.24) is 10.6 Å². The van der Waals surface area contributed by atoms with E-state index in [4.69, 9.17) is 5.11 Å². The van der Waals surface area contributed by atoms with Crippen molar-refractivity contribution in [2.75, 3.05) is 20.1 Å². The molecule has 8 heteroatoms. The maximum Gasteiger partial charge on any atom is 0.416 e. The Morgan fingerprint density at radius 1 is 1.35 bits per heavy atom. The fourth-order valence-electron chi connectivity index (χ4n) is 2.61. The lowest BCUT2D eigenvalue weighted by molar-refractivity contribution is -0.201. The lowest BCUT2D eigenvalue weighted by atomic mass is 10.0. The summed E-state index contributed by atoms with van der Waals surface area (Å²) in [6.07, 6.45) is -5.01. The van der Waals surface area contributed by atoms with E-state index >= 15 is 0 Å². The summed E-state index contributed by atoms with van der Waals surface area (Å²) in [6.45, 7) is -0.0246. The van der Waals surface area contributed by atoms with E-state index in [-0.39, 0.29) is 29.9 Å². The van der Waals surface area contributed by atoms with Gasteiger partial charge in [0.1, 0.15) is 0 Å². The zero-order chi connectivity index (χ0) is 16.2. The minimum Gasteiger partial charge on any atom is -0.382 e. The molecule has 0 radical (unpaired) electrons. The second-order valence-corrected chi connectivity index (χ2v) is 5.33. The third-order valence-corrected chi connectivity index (χ3v) is 3.84. The van der Waals surface area contributed by atoms with Crippen molar-refractivity contribution < 1.29 is 18.3 Å². The van der Waals surface area contributed by atoms with Crippen molar-refractivity contribution >= 4 is 29.9 Å². The Balaban J connectivity index is 0.00000264. The molecule has 4 nitrogen and oxygen atoms in total. The molecule has 2 rings (SSSR count). The van der Waals surface area contributed by atoms with Crippen LogP contribution in [0.15, 0.2) is 29.3 Å². The molecule has 3 N–H and O–H groups in total. The van der Waals surface area contributed by atoms with Gasteiger partial charge in [0.15, 0.2) is 12.1 Å². The average molecular weight is 443 g/mol. The Bertz CT molecular complexity index is 537. The van der Waals surface area contributed by atoms with Crippen LogP contribution >= 0.6 is 24.0 Å². The number of hydrogen-bond donors (Lipinski definition) is 3. The maximum absolute atomic E-state index is 12.3. The van der Waals surface area contributed by atoms with Gasteiger partial charge in [-0.15, -0.1) is 24.0 Å². The molecule has 1 aromatic rings. The average Bonchev–Trinajstić information content (AvgIpc) is 2.89. The summed E-state index contributed by atoms with van der Waals surface area (Å²) >= 11 is 0. The first kappa shape index (κ1) is 20.0. The number of aliphatic hydroxyl groups excluding tert-OH is 1. The molecule has 2 unspecified atom stereocenters. The number of nitrogens with one attached hydrogen (secondary N) is 2. The Kier molecular flexibility index (Phi) is 7.59. The van der Waals surface area contributed by atoms with Crippen molar-refractivity contribution in [3.8, 4) is 0 Å². The van der Waals surface area contributed by atoms with Crippen molar-refractivity contribution in [2.24, 2.45) is 4.99 Å². The number of aliphatic imine (C=N–C) groups is 1. The third kappa shape index (κ3) is 5.52. The predicted octanol–water partition coefficient (Wildman–Crippen LogP) is 2.42. The highest BCUT2D eigenvalue weighted by Gasteiger charge is 2.38. The highest BCUT2D eigenvalue weighted by Crippen LogP contribution is 2.32. The van der Waals surface area contributed by atoms with Gasteiger partial charge in [-0.1, -0.05) is 24.3 Å². The van der Waals surface area contributed by atoms with Gasteiger partial charge in [-0.3, -0.25) is 4.99 Å². The number of aryl methyl sites for hydroxylation is 1. The van der Waals surface area contributed by atoms with Crippen LogP contribution in [0.1, 0.15) is 23.5 Å². The molecule has 1 aliphatic carbocycles. The van der Waals surface area contributed by atoms with E-state index in [1.807, 2.05) is 12.1 Å². The van der Waals surface area contributed by atoms with Gasteiger partial charge in [-0.2, -0.15) is 13.2 Å². The topological polar surface area (TPSA) is 56.7 Å². The van der Waals surface area contributed by atoms with Crippen LogP contribution < -0.4 is 10.6 Å². The molecule has 0 aliphatic heterocycles. The number of hydrogen-bond acceptors (Lipinski definition) is 2. The zero-order valence-electron chi connectivity index (χ0n) is 12.7. The first-order valence-electron chi connectivity index (χ1n) is 7.19. The van der Waals surface area contributed by atoms with Crippen LogP contribution in [0.3, 0.4) is 0 Å². The highest BCUT2D eigenvalue weighted by atomic mass is 127. The van der Waals surface area contributed by atoms with E-state index < -0.39 is 18.8 Å². The fourth-order valence-corrected chi connectivity index (χ4v) is 2.61. The van der Waals surface area contributed by atoms with Crippen LogP contribution in [0.2, 0.25) is 0 Å². The summed E-state index contributed by atoms with van der Waals surface area (Å²) in [5, 5.41) is 14.5. The normalized spacial score (nSPS) is 18.8. The number of benzene rings is 1. The van der Waals surface area contributed by atoms with Crippen molar-refractivity contribution in [3.05, 3.63) is 35.4 Å². The number of alkyl halides is 3.